The van der Waals surface area contributed by atoms with Crippen LogP contribution in [0.4, 0.5) is 0 Å². The Morgan fingerprint density at radius 2 is 1.50 bits per heavy atom. The zero-order valence-electron chi connectivity index (χ0n) is 15.3. The van der Waals surface area contributed by atoms with Gasteiger partial charge in [-0.15, -0.1) is 0 Å². The lowest BCUT2D eigenvalue weighted by molar-refractivity contribution is 0.398. The van der Waals surface area contributed by atoms with Crippen LogP contribution in [0.5, 0.6) is 5.75 Å². The third-order valence-electron chi connectivity index (χ3n) is 4.79. The standard InChI is InChI=1S/C22H17BrO4S/c1-26-19-11-7-15-13-16(23)9-10-18(15)21(19)22-17-6-4-3-5-14(17)8-12-20(22)28(24,25)27-2/h3-13H,1-2H3. The monoisotopic (exact) mass is 456 g/mol. The Balaban J connectivity index is 2.25. The first-order valence-corrected chi connectivity index (χ1v) is 10.8. The second kappa shape index (κ2) is 7.20. The highest BCUT2D eigenvalue weighted by Gasteiger charge is 2.25. The van der Waals surface area contributed by atoms with Crippen LogP contribution in [0.15, 0.2) is 76.1 Å². The molecule has 0 aliphatic carbocycles. The molecule has 0 bridgehead atoms. The molecule has 6 heteroatoms. The first-order chi connectivity index (χ1) is 13.5. The van der Waals surface area contributed by atoms with E-state index in [9.17, 15) is 8.42 Å². The summed E-state index contributed by atoms with van der Waals surface area (Å²) in [5.74, 6) is 0.596. The van der Waals surface area contributed by atoms with Gasteiger partial charge in [-0.3, -0.25) is 4.18 Å². The predicted molar refractivity (Wildman–Crippen MR) is 115 cm³/mol. The summed E-state index contributed by atoms with van der Waals surface area (Å²) in [5.41, 5.74) is 1.30. The zero-order chi connectivity index (χ0) is 19.9. The highest BCUT2D eigenvalue weighted by atomic mass is 79.9. The van der Waals surface area contributed by atoms with Crippen LogP contribution in [0.2, 0.25) is 0 Å². The summed E-state index contributed by atoms with van der Waals surface area (Å²) >= 11 is 3.50. The van der Waals surface area contributed by atoms with Crippen molar-refractivity contribution in [2.24, 2.45) is 0 Å². The molecule has 0 fully saturated rings. The van der Waals surface area contributed by atoms with E-state index in [2.05, 4.69) is 15.9 Å². The fourth-order valence-electron chi connectivity index (χ4n) is 3.52. The molecule has 4 aromatic rings. The van der Waals surface area contributed by atoms with Crippen molar-refractivity contribution in [3.8, 4) is 16.9 Å². The molecule has 142 valence electrons. The minimum atomic E-state index is -3.94. The van der Waals surface area contributed by atoms with Gasteiger partial charge < -0.3 is 4.74 Å². The molecule has 4 nitrogen and oxygen atoms in total. The van der Waals surface area contributed by atoms with Gasteiger partial charge in [0.15, 0.2) is 0 Å². The Kier molecular flexibility index (Phi) is 4.87. The van der Waals surface area contributed by atoms with E-state index in [1.807, 2.05) is 54.6 Å². The molecule has 0 radical (unpaired) electrons. The number of ether oxygens (including phenoxy) is 1. The third-order valence-corrected chi connectivity index (χ3v) is 6.60. The molecule has 0 aromatic heterocycles. The maximum atomic E-state index is 12.8. The number of methoxy groups -OCH3 is 1. The van der Waals surface area contributed by atoms with Gasteiger partial charge in [0.05, 0.1) is 14.2 Å². The number of halogens is 1. The van der Waals surface area contributed by atoms with E-state index in [0.29, 0.717) is 11.3 Å². The molecule has 0 saturated heterocycles. The highest BCUT2D eigenvalue weighted by Crippen LogP contribution is 2.44. The Morgan fingerprint density at radius 3 is 2.25 bits per heavy atom. The zero-order valence-corrected chi connectivity index (χ0v) is 17.7. The van der Waals surface area contributed by atoms with Gasteiger partial charge in [0.25, 0.3) is 10.1 Å². The average Bonchev–Trinajstić information content (AvgIpc) is 2.72. The van der Waals surface area contributed by atoms with Crippen LogP contribution >= 0.6 is 15.9 Å². The maximum absolute atomic E-state index is 12.8. The summed E-state index contributed by atoms with van der Waals surface area (Å²) in [6.07, 6.45) is 0. The molecule has 0 heterocycles. The van der Waals surface area contributed by atoms with Crippen molar-refractivity contribution >= 4 is 47.6 Å². The third kappa shape index (κ3) is 3.07. The van der Waals surface area contributed by atoms with Gasteiger partial charge in [-0.05, 0) is 45.8 Å². The summed E-state index contributed by atoms with van der Waals surface area (Å²) in [5, 5.41) is 3.61. The van der Waals surface area contributed by atoms with Crippen molar-refractivity contribution in [1.29, 1.82) is 0 Å². The molecule has 0 atom stereocenters. The molecular weight excluding hydrogens is 440 g/mol. The van der Waals surface area contributed by atoms with Crippen molar-refractivity contribution < 1.29 is 17.3 Å². The van der Waals surface area contributed by atoms with Crippen LogP contribution in [0.25, 0.3) is 32.7 Å². The normalized spacial score (nSPS) is 11.8. The van der Waals surface area contributed by atoms with E-state index in [1.165, 1.54) is 7.11 Å². The van der Waals surface area contributed by atoms with E-state index in [0.717, 1.165) is 31.6 Å². The molecule has 0 saturated carbocycles. The van der Waals surface area contributed by atoms with E-state index in [-0.39, 0.29) is 4.90 Å². The number of hydrogen-bond donors (Lipinski definition) is 0. The van der Waals surface area contributed by atoms with Gasteiger partial charge in [0, 0.05) is 15.6 Å². The molecule has 4 rings (SSSR count). The van der Waals surface area contributed by atoms with Crippen molar-refractivity contribution in [3.63, 3.8) is 0 Å². The van der Waals surface area contributed by atoms with Gasteiger partial charge >= 0.3 is 0 Å². The lowest BCUT2D eigenvalue weighted by atomic mass is 9.93. The van der Waals surface area contributed by atoms with E-state index in [1.54, 1.807) is 19.2 Å². The van der Waals surface area contributed by atoms with Crippen LogP contribution in [0.1, 0.15) is 0 Å². The second-order valence-corrected chi connectivity index (χ2v) is 8.89. The van der Waals surface area contributed by atoms with Gasteiger partial charge in [-0.25, -0.2) is 0 Å². The van der Waals surface area contributed by atoms with Crippen LogP contribution in [-0.4, -0.2) is 22.6 Å². The highest BCUT2D eigenvalue weighted by molar-refractivity contribution is 9.10. The summed E-state index contributed by atoms with van der Waals surface area (Å²) < 4.78 is 37.0. The van der Waals surface area contributed by atoms with Crippen molar-refractivity contribution in [1.82, 2.24) is 0 Å². The van der Waals surface area contributed by atoms with Gasteiger partial charge in [0.2, 0.25) is 0 Å². The Bertz CT molecular complexity index is 1310. The van der Waals surface area contributed by atoms with Crippen LogP contribution < -0.4 is 4.74 Å². The first kappa shape index (κ1) is 18.9. The van der Waals surface area contributed by atoms with E-state index >= 15 is 0 Å². The molecule has 0 aliphatic heterocycles. The number of fused-ring (bicyclic) bond motifs is 2. The van der Waals surface area contributed by atoms with Crippen LogP contribution in [0, 0.1) is 0 Å². The molecule has 0 aliphatic rings. The Labute approximate surface area is 172 Å². The molecule has 0 N–H and O–H groups in total. The van der Waals surface area contributed by atoms with Crippen LogP contribution in [0.3, 0.4) is 0 Å². The van der Waals surface area contributed by atoms with E-state index in [4.69, 9.17) is 8.92 Å². The minimum absolute atomic E-state index is 0.113. The fraction of sp³-hybridized carbons (Fsp3) is 0.0909. The first-order valence-electron chi connectivity index (χ1n) is 8.55. The number of hydrogen-bond acceptors (Lipinski definition) is 4. The van der Waals surface area contributed by atoms with Gasteiger partial charge in [-0.1, -0.05) is 58.4 Å². The van der Waals surface area contributed by atoms with Crippen molar-refractivity contribution in [2.75, 3.05) is 14.2 Å². The summed E-state index contributed by atoms with van der Waals surface area (Å²) in [6, 6.07) is 20.8. The molecule has 0 amide bonds. The molecule has 0 spiro atoms. The smallest absolute Gasteiger partial charge is 0.297 e. The second-order valence-electron chi connectivity index (χ2n) is 6.29. The predicted octanol–water partition coefficient (Wildman–Crippen LogP) is 5.77. The minimum Gasteiger partial charge on any atom is -0.496 e. The maximum Gasteiger partial charge on any atom is 0.297 e. The van der Waals surface area contributed by atoms with Gasteiger partial charge in [0.1, 0.15) is 10.6 Å². The van der Waals surface area contributed by atoms with Crippen molar-refractivity contribution in [3.05, 3.63) is 71.2 Å². The number of benzene rings is 4. The summed E-state index contributed by atoms with van der Waals surface area (Å²) in [7, 11) is -1.18. The lowest BCUT2D eigenvalue weighted by Crippen LogP contribution is -2.06. The molecule has 28 heavy (non-hydrogen) atoms. The lowest BCUT2D eigenvalue weighted by Gasteiger charge is -2.18. The SMILES string of the molecule is COc1ccc2cc(Br)ccc2c1-c1c(S(=O)(=O)OC)ccc2ccccc12. The molecular formula is C22H17BrO4S. The Morgan fingerprint density at radius 1 is 0.786 bits per heavy atom. The fourth-order valence-corrected chi connectivity index (χ4v) is 4.77. The molecule has 4 aromatic carbocycles. The van der Waals surface area contributed by atoms with Gasteiger partial charge in [-0.2, -0.15) is 8.42 Å². The van der Waals surface area contributed by atoms with E-state index < -0.39 is 10.1 Å². The number of rotatable bonds is 4. The average molecular weight is 457 g/mol. The molecule has 0 unspecified atom stereocenters. The quantitative estimate of drug-likeness (QED) is 0.366. The van der Waals surface area contributed by atoms with Crippen LogP contribution in [-0.2, 0) is 14.3 Å². The topological polar surface area (TPSA) is 52.6 Å². The van der Waals surface area contributed by atoms with Crippen molar-refractivity contribution in [2.45, 2.75) is 4.90 Å². The summed E-state index contributed by atoms with van der Waals surface area (Å²) in [6.45, 7) is 0. The Hall–Kier alpha value is -2.41. The summed E-state index contributed by atoms with van der Waals surface area (Å²) in [4.78, 5) is 0.113. The largest absolute Gasteiger partial charge is 0.496 e.